The number of rotatable bonds is 7. The van der Waals surface area contributed by atoms with E-state index in [4.69, 9.17) is 0 Å². The van der Waals surface area contributed by atoms with Gasteiger partial charge in [-0.25, -0.2) is 0 Å². The van der Waals surface area contributed by atoms with Gasteiger partial charge in [0.2, 0.25) is 0 Å². The summed E-state index contributed by atoms with van der Waals surface area (Å²) in [5.74, 6) is 0.569. The van der Waals surface area contributed by atoms with Crippen LogP contribution in [0.5, 0.6) is 0 Å². The number of nitrogens with zero attached hydrogens (tertiary/aromatic N) is 3. The maximum Gasteiger partial charge on any atom is 0.274 e. The Hall–Kier alpha value is -2.18. The van der Waals surface area contributed by atoms with Crippen molar-refractivity contribution in [3.63, 3.8) is 0 Å². The lowest BCUT2D eigenvalue weighted by Gasteiger charge is -2.41. The summed E-state index contributed by atoms with van der Waals surface area (Å²) in [5.41, 5.74) is 2.94. The molecule has 2 aliphatic rings. The largest absolute Gasteiger partial charge is 0.396 e. The average Bonchev–Trinajstić information content (AvgIpc) is 3.44. The number of aliphatic hydroxyl groups excluding tert-OH is 1. The van der Waals surface area contributed by atoms with Gasteiger partial charge >= 0.3 is 0 Å². The van der Waals surface area contributed by atoms with E-state index in [2.05, 4.69) is 39.4 Å². The Morgan fingerprint density at radius 3 is 2.78 bits per heavy atom. The number of piperazine rings is 1. The van der Waals surface area contributed by atoms with E-state index in [0.29, 0.717) is 31.1 Å². The van der Waals surface area contributed by atoms with E-state index in [0.717, 1.165) is 25.2 Å². The lowest BCUT2D eigenvalue weighted by molar-refractivity contribution is 0.0421. The van der Waals surface area contributed by atoms with Crippen LogP contribution in [0.4, 0.5) is 0 Å². The number of hydrogen-bond donors (Lipinski definition) is 2. The van der Waals surface area contributed by atoms with Crippen LogP contribution in [0.25, 0.3) is 0 Å². The SMILES string of the molecule is O=C(c1cc(C2CC2)[nH]n1)N1CCN(CCc2ccccc2)C(CCO)C1. The molecule has 1 saturated heterocycles. The first-order chi connectivity index (χ1) is 13.2. The molecule has 2 heterocycles. The monoisotopic (exact) mass is 368 g/mol. The molecule has 4 rings (SSSR count). The van der Waals surface area contributed by atoms with Gasteiger partial charge in [0, 0.05) is 50.4 Å². The van der Waals surface area contributed by atoms with Crippen molar-refractivity contribution >= 4 is 5.91 Å². The maximum absolute atomic E-state index is 12.9. The van der Waals surface area contributed by atoms with Gasteiger partial charge in [-0.1, -0.05) is 30.3 Å². The molecular weight excluding hydrogens is 340 g/mol. The van der Waals surface area contributed by atoms with Crippen molar-refractivity contribution in [2.24, 2.45) is 0 Å². The number of aliphatic hydroxyl groups is 1. The van der Waals surface area contributed by atoms with Crippen LogP contribution in [-0.2, 0) is 6.42 Å². The number of aromatic nitrogens is 2. The Bertz CT molecular complexity index is 757. The van der Waals surface area contributed by atoms with Gasteiger partial charge in [0.05, 0.1) is 0 Å². The summed E-state index contributed by atoms with van der Waals surface area (Å²) < 4.78 is 0. The van der Waals surface area contributed by atoms with Gasteiger partial charge in [-0.3, -0.25) is 14.8 Å². The molecule has 0 spiro atoms. The van der Waals surface area contributed by atoms with Crippen molar-refractivity contribution in [2.75, 3.05) is 32.8 Å². The van der Waals surface area contributed by atoms with Crippen molar-refractivity contribution < 1.29 is 9.90 Å². The minimum atomic E-state index is 0.00352. The van der Waals surface area contributed by atoms with Crippen LogP contribution in [0.2, 0.25) is 0 Å². The van der Waals surface area contributed by atoms with Crippen LogP contribution >= 0.6 is 0 Å². The Balaban J connectivity index is 1.36. The van der Waals surface area contributed by atoms with Crippen LogP contribution < -0.4 is 0 Å². The van der Waals surface area contributed by atoms with E-state index < -0.39 is 0 Å². The van der Waals surface area contributed by atoms with Crippen molar-refractivity contribution in [1.29, 1.82) is 0 Å². The van der Waals surface area contributed by atoms with E-state index >= 15 is 0 Å². The zero-order chi connectivity index (χ0) is 18.6. The second-order valence-electron chi connectivity index (χ2n) is 7.67. The van der Waals surface area contributed by atoms with Gasteiger partial charge in [0.25, 0.3) is 5.91 Å². The topological polar surface area (TPSA) is 72.5 Å². The quantitative estimate of drug-likeness (QED) is 0.784. The fourth-order valence-electron chi connectivity index (χ4n) is 3.92. The van der Waals surface area contributed by atoms with E-state index in [-0.39, 0.29) is 18.6 Å². The number of nitrogens with one attached hydrogen (secondary N) is 1. The number of amides is 1. The number of carbonyl (C=O) groups is 1. The van der Waals surface area contributed by atoms with Gasteiger partial charge in [-0.05, 0) is 37.3 Å². The molecule has 1 aliphatic carbocycles. The highest BCUT2D eigenvalue weighted by Crippen LogP contribution is 2.39. The third-order valence-electron chi connectivity index (χ3n) is 5.72. The third kappa shape index (κ3) is 4.39. The number of hydrogen-bond acceptors (Lipinski definition) is 4. The molecule has 1 amide bonds. The first kappa shape index (κ1) is 18.2. The van der Waals surface area contributed by atoms with Crippen molar-refractivity contribution in [3.8, 4) is 0 Å². The smallest absolute Gasteiger partial charge is 0.274 e. The maximum atomic E-state index is 12.9. The summed E-state index contributed by atoms with van der Waals surface area (Å²) in [7, 11) is 0. The summed E-state index contributed by atoms with van der Waals surface area (Å²) in [6.07, 6.45) is 4.05. The molecule has 1 unspecified atom stereocenters. The molecule has 2 fully saturated rings. The highest BCUT2D eigenvalue weighted by atomic mass is 16.3. The minimum absolute atomic E-state index is 0.00352. The summed E-state index contributed by atoms with van der Waals surface area (Å²) >= 11 is 0. The number of H-pyrrole nitrogens is 1. The normalized spacial score (nSPS) is 20.8. The zero-order valence-electron chi connectivity index (χ0n) is 15.7. The molecule has 0 bridgehead atoms. The van der Waals surface area contributed by atoms with Crippen molar-refractivity contribution in [1.82, 2.24) is 20.0 Å². The van der Waals surface area contributed by atoms with E-state index in [1.807, 2.05) is 17.0 Å². The molecule has 2 N–H and O–H groups in total. The molecule has 6 heteroatoms. The van der Waals surface area contributed by atoms with Gasteiger partial charge in [-0.2, -0.15) is 5.10 Å². The molecular formula is C21H28N4O2. The highest BCUT2D eigenvalue weighted by Gasteiger charge is 2.32. The first-order valence-electron chi connectivity index (χ1n) is 9.98. The van der Waals surface area contributed by atoms with E-state index in [1.165, 1.54) is 18.4 Å². The standard InChI is InChI=1S/C21H28N4O2/c26-13-9-18-15-25(21(27)20-14-19(22-23-20)17-6-7-17)12-11-24(18)10-8-16-4-2-1-3-5-16/h1-5,14,17-18,26H,6-13,15H2,(H,22,23). The fourth-order valence-corrected chi connectivity index (χ4v) is 3.92. The predicted octanol–water partition coefficient (Wildman–Crippen LogP) is 2.04. The lowest BCUT2D eigenvalue weighted by atomic mass is 10.1. The highest BCUT2D eigenvalue weighted by molar-refractivity contribution is 5.92. The second-order valence-corrected chi connectivity index (χ2v) is 7.67. The lowest BCUT2D eigenvalue weighted by Crippen LogP contribution is -2.55. The van der Waals surface area contributed by atoms with Crippen molar-refractivity contribution in [2.45, 2.75) is 37.6 Å². The van der Waals surface area contributed by atoms with Crippen LogP contribution in [0.1, 0.15) is 46.9 Å². The molecule has 1 atom stereocenters. The average molecular weight is 368 g/mol. The van der Waals surface area contributed by atoms with Crippen LogP contribution in [0.3, 0.4) is 0 Å². The zero-order valence-corrected chi connectivity index (χ0v) is 15.7. The summed E-state index contributed by atoms with van der Waals surface area (Å²) in [5, 5.41) is 16.8. The Morgan fingerprint density at radius 1 is 1.22 bits per heavy atom. The predicted molar refractivity (Wildman–Crippen MR) is 104 cm³/mol. The van der Waals surface area contributed by atoms with Crippen LogP contribution in [0, 0.1) is 0 Å². The van der Waals surface area contributed by atoms with Crippen LogP contribution in [-0.4, -0.2) is 69.8 Å². The number of carbonyl (C=O) groups excluding carboxylic acids is 1. The first-order valence-corrected chi connectivity index (χ1v) is 9.98. The molecule has 144 valence electrons. The molecule has 1 aliphatic heterocycles. The molecule has 0 radical (unpaired) electrons. The molecule has 6 nitrogen and oxygen atoms in total. The molecule has 2 aromatic rings. The van der Waals surface area contributed by atoms with Crippen LogP contribution in [0.15, 0.2) is 36.4 Å². The Labute approximate surface area is 160 Å². The summed E-state index contributed by atoms with van der Waals surface area (Å²) in [4.78, 5) is 17.2. The van der Waals surface area contributed by atoms with E-state index in [9.17, 15) is 9.90 Å². The van der Waals surface area contributed by atoms with E-state index in [1.54, 1.807) is 0 Å². The van der Waals surface area contributed by atoms with Gasteiger partial charge in [-0.15, -0.1) is 0 Å². The molecule has 1 saturated carbocycles. The molecule has 27 heavy (non-hydrogen) atoms. The second kappa shape index (κ2) is 8.23. The molecule has 1 aromatic heterocycles. The van der Waals surface area contributed by atoms with Gasteiger partial charge < -0.3 is 10.0 Å². The summed E-state index contributed by atoms with van der Waals surface area (Å²) in [6.45, 7) is 3.29. The Morgan fingerprint density at radius 2 is 2.04 bits per heavy atom. The fraction of sp³-hybridized carbons (Fsp3) is 0.524. The number of benzene rings is 1. The van der Waals surface area contributed by atoms with Crippen molar-refractivity contribution in [3.05, 3.63) is 53.3 Å². The number of aromatic amines is 1. The Kier molecular flexibility index (Phi) is 5.55. The van der Waals surface area contributed by atoms with Gasteiger partial charge in [0.1, 0.15) is 5.69 Å². The summed E-state index contributed by atoms with van der Waals surface area (Å²) in [6, 6.07) is 12.6. The van der Waals surface area contributed by atoms with Gasteiger partial charge in [0.15, 0.2) is 0 Å². The molecule has 1 aromatic carbocycles. The third-order valence-corrected chi connectivity index (χ3v) is 5.72. The minimum Gasteiger partial charge on any atom is -0.396 e.